The highest BCUT2D eigenvalue weighted by atomic mass is 32.1. The molecule has 17 heavy (non-hydrogen) atoms. The van der Waals surface area contributed by atoms with Crippen molar-refractivity contribution >= 4 is 16.5 Å². The van der Waals surface area contributed by atoms with Crippen molar-refractivity contribution in [1.29, 1.82) is 0 Å². The molecule has 0 saturated heterocycles. The summed E-state index contributed by atoms with van der Waals surface area (Å²) in [6.45, 7) is 0.279. The second-order valence-electron chi connectivity index (χ2n) is 3.19. The second kappa shape index (κ2) is 4.32. The fraction of sp³-hybridized carbons (Fsp3) is 0.375. The van der Waals surface area contributed by atoms with Gasteiger partial charge in [-0.2, -0.15) is 18.3 Å². The first kappa shape index (κ1) is 11.8. The molecule has 0 radical (unpaired) electrons. The number of hydrogen-bond donors (Lipinski definition) is 1. The molecule has 0 spiro atoms. The van der Waals surface area contributed by atoms with Gasteiger partial charge in [-0.1, -0.05) is 0 Å². The molecule has 0 bridgehead atoms. The van der Waals surface area contributed by atoms with Crippen molar-refractivity contribution in [3.8, 4) is 0 Å². The average molecular weight is 263 g/mol. The van der Waals surface area contributed by atoms with Gasteiger partial charge in [0.05, 0.1) is 6.54 Å². The molecule has 0 saturated carbocycles. The summed E-state index contributed by atoms with van der Waals surface area (Å²) in [6, 6.07) is 0. The number of anilines is 1. The Hall–Kier alpha value is -1.64. The van der Waals surface area contributed by atoms with Gasteiger partial charge in [0.25, 0.3) is 0 Å². The van der Waals surface area contributed by atoms with E-state index >= 15 is 0 Å². The topological polar surface area (TPSA) is 55.6 Å². The quantitative estimate of drug-likeness (QED) is 0.919. The molecule has 2 aromatic heterocycles. The summed E-state index contributed by atoms with van der Waals surface area (Å²) in [7, 11) is 1.70. The van der Waals surface area contributed by atoms with Crippen LogP contribution in [0.2, 0.25) is 0 Å². The lowest BCUT2D eigenvalue weighted by atomic mass is 10.5. The first-order valence-corrected chi connectivity index (χ1v) is 5.44. The van der Waals surface area contributed by atoms with Crippen LogP contribution in [0.1, 0.15) is 11.5 Å². The molecule has 0 aromatic carbocycles. The number of nitrogens with one attached hydrogen (secondary N) is 1. The Balaban J connectivity index is 2.01. The first-order chi connectivity index (χ1) is 7.97. The summed E-state index contributed by atoms with van der Waals surface area (Å²) in [4.78, 5) is 7.37. The van der Waals surface area contributed by atoms with Crippen LogP contribution < -0.4 is 5.32 Å². The van der Waals surface area contributed by atoms with Crippen LogP contribution in [0.15, 0.2) is 11.7 Å². The summed E-state index contributed by atoms with van der Waals surface area (Å²) in [6.07, 6.45) is -3.03. The van der Waals surface area contributed by atoms with Crippen LogP contribution >= 0.6 is 11.3 Å². The molecular formula is C8H8F3N5S. The average Bonchev–Trinajstić information content (AvgIpc) is 2.82. The van der Waals surface area contributed by atoms with Crippen LogP contribution in [0.25, 0.3) is 0 Å². The summed E-state index contributed by atoms with van der Waals surface area (Å²) in [5, 5.41) is 7.79. The molecule has 0 unspecified atom stereocenters. The van der Waals surface area contributed by atoms with Crippen molar-refractivity contribution in [3.05, 3.63) is 23.2 Å². The highest BCUT2D eigenvalue weighted by Crippen LogP contribution is 2.31. The zero-order valence-corrected chi connectivity index (χ0v) is 9.51. The van der Waals surface area contributed by atoms with E-state index in [4.69, 9.17) is 0 Å². The van der Waals surface area contributed by atoms with Gasteiger partial charge < -0.3 is 5.32 Å². The normalized spacial score (nSPS) is 11.8. The molecule has 0 aliphatic carbocycles. The number of nitrogens with zero attached hydrogens (tertiary/aromatic N) is 4. The zero-order chi connectivity index (χ0) is 12.5. The molecule has 92 valence electrons. The van der Waals surface area contributed by atoms with E-state index in [2.05, 4.69) is 20.4 Å². The predicted molar refractivity (Wildman–Crippen MR) is 55.4 cm³/mol. The first-order valence-electron chi connectivity index (χ1n) is 4.56. The Labute approximate surface area is 98.3 Å². The monoisotopic (exact) mass is 263 g/mol. The number of alkyl halides is 3. The van der Waals surface area contributed by atoms with Gasteiger partial charge in [-0.05, 0) is 0 Å². The molecule has 0 fully saturated rings. The van der Waals surface area contributed by atoms with Gasteiger partial charge in [-0.3, -0.25) is 4.68 Å². The fourth-order valence-corrected chi connectivity index (χ4v) is 1.84. The number of aromatic nitrogens is 4. The van der Waals surface area contributed by atoms with Crippen molar-refractivity contribution in [1.82, 2.24) is 19.7 Å². The van der Waals surface area contributed by atoms with Crippen molar-refractivity contribution in [3.63, 3.8) is 0 Å². The number of thiazole rings is 1. The second-order valence-corrected chi connectivity index (χ2v) is 4.05. The van der Waals surface area contributed by atoms with E-state index in [0.29, 0.717) is 5.82 Å². The van der Waals surface area contributed by atoms with Gasteiger partial charge in [0.2, 0.25) is 0 Å². The molecule has 0 atom stereocenters. The summed E-state index contributed by atoms with van der Waals surface area (Å²) >= 11 is 0.904. The smallest absolute Gasteiger partial charge is 0.354 e. The molecule has 2 aromatic rings. The van der Waals surface area contributed by atoms with E-state index in [1.54, 1.807) is 7.05 Å². The van der Waals surface area contributed by atoms with Gasteiger partial charge in [0.1, 0.15) is 12.2 Å². The standard InChI is InChI=1S/C8H8F3N5S/c1-16-6(13-4-14-16)2-12-7-15-5(3-17-7)8(9,10)11/h3-4H,2H2,1H3,(H,12,15). The maximum Gasteiger partial charge on any atom is 0.434 e. The van der Waals surface area contributed by atoms with Gasteiger partial charge in [-0.25, -0.2) is 9.97 Å². The maximum absolute atomic E-state index is 12.3. The van der Waals surface area contributed by atoms with Crippen LogP contribution in [0, 0.1) is 0 Å². The lowest BCUT2D eigenvalue weighted by molar-refractivity contribution is -0.140. The van der Waals surface area contributed by atoms with Gasteiger partial charge >= 0.3 is 6.18 Å². The van der Waals surface area contributed by atoms with E-state index in [1.165, 1.54) is 11.0 Å². The van der Waals surface area contributed by atoms with E-state index in [-0.39, 0.29) is 11.7 Å². The number of halogens is 3. The van der Waals surface area contributed by atoms with E-state index in [0.717, 1.165) is 16.7 Å². The van der Waals surface area contributed by atoms with Crippen LogP contribution in [0.5, 0.6) is 0 Å². The third kappa shape index (κ3) is 2.73. The number of aryl methyl sites for hydroxylation is 1. The third-order valence-electron chi connectivity index (χ3n) is 2.00. The molecule has 0 amide bonds. The van der Waals surface area contributed by atoms with Crippen molar-refractivity contribution in [2.24, 2.45) is 7.05 Å². The maximum atomic E-state index is 12.3. The Bertz CT molecular complexity index is 503. The minimum Gasteiger partial charge on any atom is -0.354 e. The molecule has 0 aliphatic rings. The van der Waals surface area contributed by atoms with Crippen LogP contribution in [0.3, 0.4) is 0 Å². The van der Waals surface area contributed by atoms with E-state index in [9.17, 15) is 13.2 Å². The molecule has 2 heterocycles. The summed E-state index contributed by atoms with van der Waals surface area (Å²) in [5.74, 6) is 0.619. The predicted octanol–water partition coefficient (Wildman–Crippen LogP) is 1.90. The van der Waals surface area contributed by atoms with Crippen molar-refractivity contribution < 1.29 is 13.2 Å². The number of hydrogen-bond acceptors (Lipinski definition) is 5. The van der Waals surface area contributed by atoms with Crippen LogP contribution in [-0.4, -0.2) is 19.7 Å². The highest BCUT2D eigenvalue weighted by Gasteiger charge is 2.33. The molecule has 1 N–H and O–H groups in total. The lowest BCUT2D eigenvalue weighted by Gasteiger charge is -2.02. The van der Waals surface area contributed by atoms with E-state index < -0.39 is 11.9 Å². The van der Waals surface area contributed by atoms with Crippen LogP contribution in [0.4, 0.5) is 18.3 Å². The fourth-order valence-electron chi connectivity index (χ4n) is 1.12. The SMILES string of the molecule is Cn1ncnc1CNc1nc(C(F)(F)F)cs1. The highest BCUT2D eigenvalue weighted by molar-refractivity contribution is 7.13. The minimum atomic E-state index is -4.40. The van der Waals surface area contributed by atoms with Crippen molar-refractivity contribution in [2.75, 3.05) is 5.32 Å². The minimum absolute atomic E-state index is 0.209. The Morgan fingerprint density at radius 3 is 2.76 bits per heavy atom. The Morgan fingerprint density at radius 2 is 2.24 bits per heavy atom. The van der Waals surface area contributed by atoms with Gasteiger partial charge in [0, 0.05) is 12.4 Å². The lowest BCUT2D eigenvalue weighted by Crippen LogP contribution is -2.08. The van der Waals surface area contributed by atoms with Crippen molar-refractivity contribution in [2.45, 2.75) is 12.7 Å². The summed E-state index contributed by atoms with van der Waals surface area (Å²) < 4.78 is 38.3. The Morgan fingerprint density at radius 1 is 1.47 bits per heavy atom. The van der Waals surface area contributed by atoms with Crippen LogP contribution in [-0.2, 0) is 19.8 Å². The molecule has 0 aliphatic heterocycles. The van der Waals surface area contributed by atoms with E-state index in [1.807, 2.05) is 0 Å². The Kier molecular flexibility index (Phi) is 3.01. The molecular weight excluding hydrogens is 255 g/mol. The molecule has 9 heteroatoms. The van der Waals surface area contributed by atoms with Gasteiger partial charge in [-0.15, -0.1) is 11.3 Å². The zero-order valence-electron chi connectivity index (χ0n) is 8.69. The molecule has 2 rings (SSSR count). The summed E-state index contributed by atoms with van der Waals surface area (Å²) in [5.41, 5.74) is -0.886. The number of rotatable bonds is 3. The largest absolute Gasteiger partial charge is 0.434 e. The third-order valence-corrected chi connectivity index (χ3v) is 2.80. The van der Waals surface area contributed by atoms with Gasteiger partial charge in [0.15, 0.2) is 10.8 Å². The molecule has 5 nitrogen and oxygen atoms in total.